The van der Waals surface area contributed by atoms with Gasteiger partial charge in [0, 0.05) is 37.0 Å². The zero-order valence-corrected chi connectivity index (χ0v) is 13.2. The quantitative estimate of drug-likeness (QED) is 0.846. The Bertz CT molecular complexity index is 427. The summed E-state index contributed by atoms with van der Waals surface area (Å²) in [6.07, 6.45) is 4.00. The number of carbonyl (C=O) groups is 1. The van der Waals surface area contributed by atoms with Crippen molar-refractivity contribution in [2.45, 2.75) is 24.7 Å². The van der Waals surface area contributed by atoms with Crippen molar-refractivity contribution in [3.63, 3.8) is 0 Å². The molecule has 1 heterocycles. The van der Waals surface area contributed by atoms with Crippen molar-refractivity contribution in [3.8, 4) is 0 Å². The smallest absolute Gasteiger partial charge is 0.225 e. The minimum atomic E-state index is 0.119. The fourth-order valence-electron chi connectivity index (χ4n) is 2.50. The van der Waals surface area contributed by atoms with Crippen LogP contribution < -0.4 is 5.32 Å². The Morgan fingerprint density at radius 3 is 2.55 bits per heavy atom. The second-order valence-corrected chi connectivity index (χ2v) is 6.24. The molecule has 0 bridgehead atoms. The maximum Gasteiger partial charge on any atom is 0.225 e. The van der Waals surface area contributed by atoms with E-state index in [4.69, 9.17) is 0 Å². The molecule has 0 radical (unpaired) electrons. The summed E-state index contributed by atoms with van der Waals surface area (Å²) in [6, 6.07) is 8.66. The first-order valence-electron chi connectivity index (χ1n) is 7.33. The third kappa shape index (κ3) is 4.25. The van der Waals surface area contributed by atoms with Crippen molar-refractivity contribution in [2.75, 3.05) is 32.4 Å². The van der Waals surface area contributed by atoms with Crippen molar-refractivity contribution < 1.29 is 4.79 Å². The number of aryl methyl sites for hydroxylation is 1. The normalized spacial score (nSPS) is 17.0. The van der Waals surface area contributed by atoms with Crippen molar-refractivity contribution in [2.24, 2.45) is 5.92 Å². The first-order chi connectivity index (χ1) is 9.70. The molecular formula is C16H24N2OS. The molecule has 20 heavy (non-hydrogen) atoms. The first kappa shape index (κ1) is 15.4. The number of rotatable bonds is 5. The highest BCUT2D eigenvalue weighted by Gasteiger charge is 2.21. The van der Waals surface area contributed by atoms with Crippen LogP contribution in [-0.2, 0) is 11.2 Å². The van der Waals surface area contributed by atoms with Crippen LogP contribution in [0.1, 0.15) is 18.9 Å². The minimum absolute atomic E-state index is 0.119. The van der Waals surface area contributed by atoms with Crippen LogP contribution in [0.25, 0.3) is 0 Å². The van der Waals surface area contributed by atoms with Crippen LogP contribution in [0.4, 0.5) is 0 Å². The van der Waals surface area contributed by atoms with Gasteiger partial charge in [0.05, 0.1) is 0 Å². The number of benzene rings is 1. The van der Waals surface area contributed by atoms with E-state index in [9.17, 15) is 4.79 Å². The zero-order valence-electron chi connectivity index (χ0n) is 12.4. The van der Waals surface area contributed by atoms with Crippen LogP contribution in [0.2, 0.25) is 0 Å². The lowest BCUT2D eigenvalue weighted by Crippen LogP contribution is -2.48. The molecule has 1 aliphatic heterocycles. The van der Waals surface area contributed by atoms with E-state index in [0.717, 1.165) is 39.0 Å². The topological polar surface area (TPSA) is 32.3 Å². The molecule has 110 valence electrons. The number of nitrogens with one attached hydrogen (secondary N) is 1. The fraction of sp³-hybridized carbons (Fsp3) is 0.562. The molecule has 3 nitrogen and oxygen atoms in total. The van der Waals surface area contributed by atoms with Crippen molar-refractivity contribution in [3.05, 3.63) is 29.8 Å². The van der Waals surface area contributed by atoms with Gasteiger partial charge in [-0.05, 0) is 36.8 Å². The molecule has 4 heteroatoms. The standard InChI is InChI=1S/C16H24N2OS/c1-13(16(19)18-11-9-17-10-12-18)3-4-14-5-7-15(20-2)8-6-14/h5-8,13,17H,3-4,9-12H2,1-2H3. The minimum Gasteiger partial charge on any atom is -0.340 e. The molecule has 1 unspecified atom stereocenters. The highest BCUT2D eigenvalue weighted by Crippen LogP contribution is 2.17. The van der Waals surface area contributed by atoms with Crippen molar-refractivity contribution >= 4 is 17.7 Å². The van der Waals surface area contributed by atoms with Crippen molar-refractivity contribution in [1.82, 2.24) is 10.2 Å². The Balaban J connectivity index is 1.81. The number of hydrogen-bond acceptors (Lipinski definition) is 3. The molecule has 0 saturated carbocycles. The van der Waals surface area contributed by atoms with Crippen LogP contribution in [0, 0.1) is 5.92 Å². The van der Waals surface area contributed by atoms with Gasteiger partial charge >= 0.3 is 0 Å². The van der Waals surface area contributed by atoms with E-state index in [0.29, 0.717) is 5.91 Å². The van der Waals surface area contributed by atoms with Crippen LogP contribution >= 0.6 is 11.8 Å². The molecule has 2 rings (SSSR count). The van der Waals surface area contributed by atoms with E-state index < -0.39 is 0 Å². The second kappa shape index (κ2) is 7.70. The van der Waals surface area contributed by atoms with Gasteiger partial charge < -0.3 is 10.2 Å². The van der Waals surface area contributed by atoms with Crippen LogP contribution in [-0.4, -0.2) is 43.2 Å². The molecule has 1 saturated heterocycles. The lowest BCUT2D eigenvalue weighted by atomic mass is 9.99. The third-order valence-electron chi connectivity index (χ3n) is 3.88. The number of carbonyl (C=O) groups excluding carboxylic acids is 1. The predicted molar refractivity (Wildman–Crippen MR) is 85.2 cm³/mol. The molecule has 0 aliphatic carbocycles. The Hall–Kier alpha value is -1.00. The molecule has 1 fully saturated rings. The maximum atomic E-state index is 12.3. The molecule has 1 aliphatic rings. The van der Waals surface area contributed by atoms with Gasteiger partial charge in [0.25, 0.3) is 0 Å². The summed E-state index contributed by atoms with van der Waals surface area (Å²) in [6.45, 7) is 5.61. The van der Waals surface area contributed by atoms with E-state index in [1.165, 1.54) is 10.5 Å². The lowest BCUT2D eigenvalue weighted by Gasteiger charge is -2.29. The summed E-state index contributed by atoms with van der Waals surface area (Å²) < 4.78 is 0. The molecule has 0 aromatic heterocycles. The fourth-order valence-corrected chi connectivity index (χ4v) is 2.90. The van der Waals surface area contributed by atoms with E-state index >= 15 is 0 Å². The number of amides is 1. The SMILES string of the molecule is CSc1ccc(CCC(C)C(=O)N2CCNCC2)cc1. The van der Waals surface area contributed by atoms with E-state index in [2.05, 4.69) is 42.8 Å². The van der Waals surface area contributed by atoms with Gasteiger partial charge in [0.15, 0.2) is 0 Å². The summed E-state index contributed by atoms with van der Waals surface area (Å²) in [5.41, 5.74) is 1.32. The molecule has 1 amide bonds. The van der Waals surface area contributed by atoms with Gasteiger partial charge in [-0.1, -0.05) is 19.1 Å². The van der Waals surface area contributed by atoms with E-state index in [1.54, 1.807) is 11.8 Å². The number of hydrogen-bond donors (Lipinski definition) is 1. The second-order valence-electron chi connectivity index (χ2n) is 5.36. The molecule has 1 aromatic carbocycles. The van der Waals surface area contributed by atoms with Gasteiger partial charge in [-0.25, -0.2) is 0 Å². The molecule has 1 atom stereocenters. The largest absolute Gasteiger partial charge is 0.340 e. The van der Waals surface area contributed by atoms with Gasteiger partial charge in [0.2, 0.25) is 5.91 Å². The van der Waals surface area contributed by atoms with Crippen LogP contribution in [0.15, 0.2) is 29.2 Å². The Kier molecular flexibility index (Phi) is 5.92. The van der Waals surface area contributed by atoms with Gasteiger partial charge in [-0.3, -0.25) is 4.79 Å². The highest BCUT2D eigenvalue weighted by atomic mass is 32.2. The summed E-state index contributed by atoms with van der Waals surface area (Å²) >= 11 is 1.76. The number of thioether (sulfide) groups is 1. The van der Waals surface area contributed by atoms with E-state index in [1.807, 2.05) is 4.90 Å². The number of nitrogens with zero attached hydrogens (tertiary/aromatic N) is 1. The molecule has 1 aromatic rings. The highest BCUT2D eigenvalue weighted by molar-refractivity contribution is 7.98. The average molecular weight is 292 g/mol. The van der Waals surface area contributed by atoms with Crippen LogP contribution in [0.3, 0.4) is 0 Å². The summed E-state index contributed by atoms with van der Waals surface area (Å²) in [4.78, 5) is 15.6. The number of piperazine rings is 1. The molecular weight excluding hydrogens is 268 g/mol. The maximum absolute atomic E-state index is 12.3. The predicted octanol–water partition coefficient (Wildman–Crippen LogP) is 2.41. The third-order valence-corrected chi connectivity index (χ3v) is 4.62. The van der Waals surface area contributed by atoms with Gasteiger partial charge in [-0.2, -0.15) is 0 Å². The van der Waals surface area contributed by atoms with Gasteiger partial charge in [-0.15, -0.1) is 11.8 Å². The summed E-state index contributed by atoms with van der Waals surface area (Å²) in [5, 5.41) is 3.28. The lowest BCUT2D eigenvalue weighted by molar-refractivity contribution is -0.135. The summed E-state index contributed by atoms with van der Waals surface area (Å²) in [7, 11) is 0. The van der Waals surface area contributed by atoms with Gasteiger partial charge in [0.1, 0.15) is 0 Å². The average Bonchev–Trinajstić information content (AvgIpc) is 2.53. The molecule has 1 N–H and O–H groups in total. The monoisotopic (exact) mass is 292 g/mol. The van der Waals surface area contributed by atoms with E-state index in [-0.39, 0.29) is 5.92 Å². The Morgan fingerprint density at radius 1 is 1.30 bits per heavy atom. The Labute approximate surface area is 126 Å². The Morgan fingerprint density at radius 2 is 1.95 bits per heavy atom. The molecule has 0 spiro atoms. The zero-order chi connectivity index (χ0) is 14.4. The first-order valence-corrected chi connectivity index (χ1v) is 8.55. The summed E-state index contributed by atoms with van der Waals surface area (Å²) in [5.74, 6) is 0.431. The van der Waals surface area contributed by atoms with Crippen LogP contribution in [0.5, 0.6) is 0 Å². The van der Waals surface area contributed by atoms with Crippen molar-refractivity contribution in [1.29, 1.82) is 0 Å².